The highest BCUT2D eigenvalue weighted by Gasteiger charge is 2.27. The second-order valence-electron chi connectivity index (χ2n) is 5.21. The first-order valence-electron chi connectivity index (χ1n) is 7.03. The van der Waals surface area contributed by atoms with Gasteiger partial charge in [0.2, 0.25) is 5.91 Å². The van der Waals surface area contributed by atoms with E-state index in [0.717, 1.165) is 18.7 Å². The molecule has 0 saturated carbocycles. The number of amides is 1. The molecule has 1 aliphatic heterocycles. The summed E-state index contributed by atoms with van der Waals surface area (Å²) >= 11 is 0. The molecular weight excluding hydrogens is 248 g/mol. The van der Waals surface area contributed by atoms with Gasteiger partial charge < -0.3 is 4.90 Å². The molecule has 0 aliphatic carbocycles. The van der Waals surface area contributed by atoms with Gasteiger partial charge in [-0.1, -0.05) is 30.3 Å². The molecule has 102 valence electrons. The third kappa shape index (κ3) is 2.44. The Hall–Kier alpha value is -2.16. The largest absolute Gasteiger partial charge is 0.335 e. The van der Waals surface area contributed by atoms with Gasteiger partial charge in [-0.05, 0) is 36.6 Å². The lowest BCUT2D eigenvalue weighted by Crippen LogP contribution is -2.39. The van der Waals surface area contributed by atoms with E-state index >= 15 is 0 Å². The molecule has 0 bridgehead atoms. The van der Waals surface area contributed by atoms with Gasteiger partial charge in [-0.3, -0.25) is 9.78 Å². The molecule has 1 aromatic carbocycles. The number of hydrogen-bond acceptors (Lipinski definition) is 2. The molecule has 3 rings (SSSR count). The van der Waals surface area contributed by atoms with E-state index in [-0.39, 0.29) is 11.9 Å². The predicted octanol–water partition coefficient (Wildman–Crippen LogP) is 2.77. The van der Waals surface area contributed by atoms with Crippen LogP contribution >= 0.6 is 0 Å². The lowest BCUT2D eigenvalue weighted by atomic mass is 9.93. The number of fused-ring (bicyclic) bond motifs is 1. The molecule has 1 unspecified atom stereocenters. The van der Waals surface area contributed by atoms with Crippen LogP contribution in [-0.4, -0.2) is 22.3 Å². The van der Waals surface area contributed by atoms with Crippen molar-refractivity contribution in [2.75, 3.05) is 6.54 Å². The molecule has 0 radical (unpaired) electrons. The van der Waals surface area contributed by atoms with E-state index in [4.69, 9.17) is 0 Å². The molecule has 2 aromatic rings. The Morgan fingerprint density at radius 1 is 1.25 bits per heavy atom. The van der Waals surface area contributed by atoms with Crippen LogP contribution in [0.2, 0.25) is 0 Å². The fourth-order valence-corrected chi connectivity index (χ4v) is 2.87. The number of hydrogen-bond donors (Lipinski definition) is 0. The Morgan fingerprint density at radius 2 is 2.05 bits per heavy atom. The Labute approximate surface area is 119 Å². The first-order valence-corrected chi connectivity index (χ1v) is 7.03. The predicted molar refractivity (Wildman–Crippen MR) is 78.2 cm³/mol. The van der Waals surface area contributed by atoms with Gasteiger partial charge in [0.15, 0.2) is 0 Å². The lowest BCUT2D eigenvalue weighted by molar-refractivity contribution is -0.133. The van der Waals surface area contributed by atoms with Crippen molar-refractivity contribution in [3.05, 3.63) is 65.5 Å². The topological polar surface area (TPSA) is 33.2 Å². The van der Waals surface area contributed by atoms with Gasteiger partial charge in [0.25, 0.3) is 0 Å². The van der Waals surface area contributed by atoms with Crippen LogP contribution in [0.15, 0.2) is 48.7 Å². The summed E-state index contributed by atoms with van der Waals surface area (Å²) in [6.45, 7) is 2.90. The molecule has 0 fully saturated rings. The van der Waals surface area contributed by atoms with Crippen LogP contribution in [-0.2, 0) is 17.6 Å². The normalized spacial score (nSPS) is 17.6. The average molecular weight is 266 g/mol. The molecule has 20 heavy (non-hydrogen) atoms. The van der Waals surface area contributed by atoms with Crippen LogP contribution in [0.3, 0.4) is 0 Å². The summed E-state index contributed by atoms with van der Waals surface area (Å²) in [5.74, 6) is 0.158. The van der Waals surface area contributed by atoms with Crippen LogP contribution in [0.4, 0.5) is 0 Å². The molecule has 0 spiro atoms. The Morgan fingerprint density at radius 3 is 2.85 bits per heavy atom. The minimum Gasteiger partial charge on any atom is -0.335 e. The second kappa shape index (κ2) is 5.45. The monoisotopic (exact) mass is 266 g/mol. The minimum absolute atomic E-state index is 0.149. The number of nitrogens with zero attached hydrogens (tertiary/aromatic N) is 2. The lowest BCUT2D eigenvalue weighted by Gasteiger charge is -2.35. The van der Waals surface area contributed by atoms with Gasteiger partial charge >= 0.3 is 0 Å². The Balaban J connectivity index is 1.77. The first kappa shape index (κ1) is 12.9. The number of benzene rings is 1. The summed E-state index contributed by atoms with van der Waals surface area (Å²) in [4.78, 5) is 18.7. The van der Waals surface area contributed by atoms with Crippen molar-refractivity contribution < 1.29 is 4.79 Å². The van der Waals surface area contributed by atoms with E-state index in [0.29, 0.717) is 6.42 Å². The quantitative estimate of drug-likeness (QED) is 0.837. The number of aromatic nitrogens is 1. The van der Waals surface area contributed by atoms with Gasteiger partial charge in [0.05, 0.1) is 12.5 Å². The summed E-state index contributed by atoms with van der Waals surface area (Å²) < 4.78 is 0. The number of rotatable bonds is 2. The van der Waals surface area contributed by atoms with Crippen molar-refractivity contribution in [3.63, 3.8) is 0 Å². The van der Waals surface area contributed by atoms with Gasteiger partial charge in [-0.25, -0.2) is 0 Å². The summed E-state index contributed by atoms with van der Waals surface area (Å²) in [6, 6.07) is 14.2. The molecule has 1 amide bonds. The van der Waals surface area contributed by atoms with Crippen molar-refractivity contribution in [3.8, 4) is 0 Å². The van der Waals surface area contributed by atoms with Crippen LogP contribution < -0.4 is 0 Å². The fraction of sp³-hybridized carbons (Fsp3) is 0.294. The molecule has 0 N–H and O–H groups in total. The van der Waals surface area contributed by atoms with Crippen molar-refractivity contribution in [1.29, 1.82) is 0 Å². The molecule has 1 aliphatic rings. The maximum absolute atomic E-state index is 12.5. The van der Waals surface area contributed by atoms with E-state index in [9.17, 15) is 4.79 Å². The summed E-state index contributed by atoms with van der Waals surface area (Å²) in [5.41, 5.74) is 3.47. The minimum atomic E-state index is 0.149. The van der Waals surface area contributed by atoms with Crippen molar-refractivity contribution in [1.82, 2.24) is 9.88 Å². The van der Waals surface area contributed by atoms with E-state index in [1.807, 2.05) is 29.2 Å². The number of pyridine rings is 1. The highest BCUT2D eigenvalue weighted by atomic mass is 16.2. The molecule has 3 heteroatoms. The molecule has 0 saturated heterocycles. The third-order valence-corrected chi connectivity index (χ3v) is 3.97. The maximum Gasteiger partial charge on any atom is 0.229 e. The molecular formula is C17H18N2O. The van der Waals surface area contributed by atoms with Crippen molar-refractivity contribution >= 4 is 5.91 Å². The van der Waals surface area contributed by atoms with Crippen molar-refractivity contribution in [2.24, 2.45) is 0 Å². The first-order chi connectivity index (χ1) is 9.75. The number of carbonyl (C=O) groups excluding carboxylic acids is 1. The van der Waals surface area contributed by atoms with Crippen molar-refractivity contribution in [2.45, 2.75) is 25.8 Å². The molecule has 1 aromatic heterocycles. The zero-order valence-electron chi connectivity index (χ0n) is 11.6. The molecule has 3 nitrogen and oxygen atoms in total. The smallest absolute Gasteiger partial charge is 0.229 e. The molecule has 2 heterocycles. The zero-order valence-corrected chi connectivity index (χ0v) is 11.6. The fourth-order valence-electron chi connectivity index (χ4n) is 2.87. The maximum atomic E-state index is 12.5. The third-order valence-electron chi connectivity index (χ3n) is 3.97. The zero-order chi connectivity index (χ0) is 13.9. The molecule has 1 atom stereocenters. The highest BCUT2D eigenvalue weighted by molar-refractivity contribution is 5.79. The highest BCUT2D eigenvalue weighted by Crippen LogP contribution is 2.29. The summed E-state index contributed by atoms with van der Waals surface area (Å²) in [5, 5.41) is 0. The van der Waals surface area contributed by atoms with Crippen LogP contribution in [0.25, 0.3) is 0 Å². The average Bonchev–Trinajstić information content (AvgIpc) is 2.49. The van der Waals surface area contributed by atoms with Crippen LogP contribution in [0.5, 0.6) is 0 Å². The second-order valence-corrected chi connectivity index (χ2v) is 5.21. The van der Waals surface area contributed by atoms with E-state index in [2.05, 4.69) is 30.1 Å². The van der Waals surface area contributed by atoms with E-state index in [1.165, 1.54) is 11.1 Å². The van der Waals surface area contributed by atoms with Gasteiger partial charge in [-0.15, -0.1) is 0 Å². The van der Waals surface area contributed by atoms with Gasteiger partial charge in [-0.2, -0.15) is 0 Å². The summed E-state index contributed by atoms with van der Waals surface area (Å²) in [7, 11) is 0. The Bertz CT molecular complexity index is 609. The Kier molecular flexibility index (Phi) is 3.50. The van der Waals surface area contributed by atoms with Crippen LogP contribution in [0.1, 0.15) is 29.8 Å². The van der Waals surface area contributed by atoms with E-state index < -0.39 is 0 Å². The van der Waals surface area contributed by atoms with Gasteiger partial charge in [0.1, 0.15) is 0 Å². The SMILES string of the molecule is CC1c2ccccc2CCN1C(=O)Cc1ccccn1. The van der Waals surface area contributed by atoms with Crippen LogP contribution in [0, 0.1) is 0 Å². The van der Waals surface area contributed by atoms with Gasteiger partial charge in [0, 0.05) is 18.4 Å². The summed E-state index contributed by atoms with van der Waals surface area (Å²) in [6.07, 6.45) is 3.05. The number of carbonyl (C=O) groups is 1. The van der Waals surface area contributed by atoms with E-state index in [1.54, 1.807) is 6.20 Å². The standard InChI is InChI=1S/C17H18N2O/c1-13-16-8-3-2-6-14(16)9-11-19(13)17(20)12-15-7-4-5-10-18-15/h2-8,10,13H,9,11-12H2,1H3.